The van der Waals surface area contributed by atoms with E-state index in [1.54, 1.807) is 11.3 Å². The molecule has 3 rings (SSSR count). The number of ether oxygens (including phenoxy) is 1. The predicted molar refractivity (Wildman–Crippen MR) is 70.0 cm³/mol. The molecular weight excluding hydrogens is 250 g/mol. The third-order valence-electron chi connectivity index (χ3n) is 3.54. The summed E-state index contributed by atoms with van der Waals surface area (Å²) in [5, 5.41) is 3.18. The van der Waals surface area contributed by atoms with E-state index in [4.69, 9.17) is 4.74 Å². The fourth-order valence-corrected chi connectivity index (χ4v) is 3.39. The molecule has 0 aliphatic carbocycles. The molecule has 2 saturated heterocycles. The highest BCUT2D eigenvalue weighted by atomic mass is 32.1. The summed E-state index contributed by atoms with van der Waals surface area (Å²) in [5.41, 5.74) is 1.08. The first-order chi connectivity index (χ1) is 8.74. The highest BCUT2D eigenvalue weighted by molar-refractivity contribution is 7.13. The van der Waals surface area contributed by atoms with Gasteiger partial charge in [-0.2, -0.15) is 0 Å². The van der Waals surface area contributed by atoms with Crippen molar-refractivity contribution < 1.29 is 9.53 Å². The second-order valence-electron chi connectivity index (χ2n) is 4.77. The summed E-state index contributed by atoms with van der Waals surface area (Å²) in [6, 6.07) is -0.00909. The van der Waals surface area contributed by atoms with Crippen LogP contribution in [0.1, 0.15) is 12.1 Å². The summed E-state index contributed by atoms with van der Waals surface area (Å²) >= 11 is 1.69. The second kappa shape index (κ2) is 4.85. The van der Waals surface area contributed by atoms with Crippen molar-refractivity contribution >= 4 is 22.4 Å². The molecule has 3 heterocycles. The molecule has 0 aromatic carbocycles. The van der Waals surface area contributed by atoms with Crippen molar-refractivity contribution in [2.75, 3.05) is 37.7 Å². The van der Waals surface area contributed by atoms with E-state index in [9.17, 15) is 4.79 Å². The molecule has 1 aromatic rings. The van der Waals surface area contributed by atoms with Gasteiger partial charge in [0.1, 0.15) is 6.04 Å². The molecule has 6 heteroatoms. The van der Waals surface area contributed by atoms with Gasteiger partial charge in [-0.15, -0.1) is 11.3 Å². The average Bonchev–Trinajstić information content (AvgIpc) is 2.98. The molecule has 2 aliphatic rings. The van der Waals surface area contributed by atoms with Gasteiger partial charge in [-0.25, -0.2) is 4.98 Å². The van der Waals surface area contributed by atoms with Crippen LogP contribution in [0.5, 0.6) is 0 Å². The Kier molecular flexibility index (Phi) is 3.22. The van der Waals surface area contributed by atoms with Crippen molar-refractivity contribution in [2.45, 2.75) is 19.4 Å². The molecule has 18 heavy (non-hydrogen) atoms. The minimum atomic E-state index is -0.0476. The maximum Gasteiger partial charge on any atom is 0.323 e. The third kappa shape index (κ3) is 2.22. The smallest absolute Gasteiger partial charge is 0.323 e. The van der Waals surface area contributed by atoms with Crippen LogP contribution in [0.2, 0.25) is 0 Å². The van der Waals surface area contributed by atoms with Gasteiger partial charge in [-0.3, -0.25) is 9.69 Å². The van der Waals surface area contributed by atoms with Gasteiger partial charge in [0.15, 0.2) is 5.13 Å². The van der Waals surface area contributed by atoms with Crippen molar-refractivity contribution in [3.05, 3.63) is 11.1 Å². The average molecular weight is 267 g/mol. The van der Waals surface area contributed by atoms with Crippen molar-refractivity contribution in [3.8, 4) is 0 Å². The molecule has 0 N–H and O–H groups in total. The van der Waals surface area contributed by atoms with Gasteiger partial charge < -0.3 is 9.64 Å². The fourth-order valence-electron chi connectivity index (χ4n) is 2.53. The van der Waals surface area contributed by atoms with Crippen LogP contribution >= 0.6 is 11.3 Å². The van der Waals surface area contributed by atoms with Crippen molar-refractivity contribution in [1.29, 1.82) is 0 Å². The van der Waals surface area contributed by atoms with Crippen LogP contribution in [0.15, 0.2) is 5.38 Å². The Morgan fingerprint density at radius 1 is 1.39 bits per heavy atom. The maximum atomic E-state index is 11.5. The minimum absolute atomic E-state index is 0.00909. The number of aromatic nitrogens is 1. The summed E-state index contributed by atoms with van der Waals surface area (Å²) in [6.45, 7) is 6.31. The summed E-state index contributed by atoms with van der Waals surface area (Å²) in [5.74, 6) is -0.0476. The number of nitrogens with zero attached hydrogens (tertiary/aromatic N) is 3. The molecule has 0 bridgehead atoms. The zero-order chi connectivity index (χ0) is 12.5. The first kappa shape index (κ1) is 11.9. The lowest BCUT2D eigenvalue weighted by molar-refractivity contribution is -0.142. The number of carbonyl (C=O) groups is 1. The summed E-state index contributed by atoms with van der Waals surface area (Å²) in [6.07, 6.45) is 0.842. The van der Waals surface area contributed by atoms with Crippen LogP contribution < -0.4 is 4.90 Å². The van der Waals surface area contributed by atoms with Crippen LogP contribution in [-0.2, 0) is 9.53 Å². The molecular formula is C12H17N3O2S. The van der Waals surface area contributed by atoms with E-state index in [1.165, 1.54) is 0 Å². The molecule has 0 saturated carbocycles. The highest BCUT2D eigenvalue weighted by Gasteiger charge is 2.34. The molecule has 1 unspecified atom stereocenters. The Hall–Kier alpha value is -1.14. The first-order valence-electron chi connectivity index (χ1n) is 6.32. The zero-order valence-electron chi connectivity index (χ0n) is 10.5. The summed E-state index contributed by atoms with van der Waals surface area (Å²) in [4.78, 5) is 20.6. The number of piperazine rings is 1. The molecule has 5 nitrogen and oxygen atoms in total. The van der Waals surface area contributed by atoms with E-state index in [2.05, 4.69) is 20.2 Å². The Morgan fingerprint density at radius 2 is 2.17 bits per heavy atom. The molecule has 0 spiro atoms. The number of carbonyl (C=O) groups excluding carboxylic acids is 1. The van der Waals surface area contributed by atoms with Gasteiger partial charge in [-0.05, 0) is 6.92 Å². The van der Waals surface area contributed by atoms with Gasteiger partial charge >= 0.3 is 5.97 Å². The lowest BCUT2D eigenvalue weighted by atomic mass is 10.2. The lowest BCUT2D eigenvalue weighted by Crippen LogP contribution is -2.51. The molecule has 1 atom stereocenters. The Balaban J connectivity index is 1.59. The molecule has 0 amide bonds. The third-order valence-corrected chi connectivity index (χ3v) is 4.56. The standard InChI is InChI=1S/C12H17N3O2S/c1-9-8-18-12(13-9)15-5-3-14(4-6-15)10-2-7-17-11(10)16/h8,10H,2-7H2,1H3. The predicted octanol–water partition coefficient (Wildman–Crippen LogP) is 0.889. The zero-order valence-corrected chi connectivity index (χ0v) is 11.3. The van der Waals surface area contributed by atoms with E-state index in [-0.39, 0.29) is 12.0 Å². The Labute approximate surface area is 110 Å². The van der Waals surface area contributed by atoms with E-state index in [1.807, 2.05) is 6.92 Å². The topological polar surface area (TPSA) is 45.7 Å². The minimum Gasteiger partial charge on any atom is -0.464 e. The second-order valence-corrected chi connectivity index (χ2v) is 5.60. The normalized spacial score (nSPS) is 25.5. The molecule has 2 fully saturated rings. The number of anilines is 1. The van der Waals surface area contributed by atoms with E-state index >= 15 is 0 Å². The number of hydrogen-bond acceptors (Lipinski definition) is 6. The SMILES string of the molecule is Cc1csc(N2CCN(C3CCOC3=O)CC2)n1. The number of thiazole rings is 1. The first-order valence-corrected chi connectivity index (χ1v) is 7.20. The fraction of sp³-hybridized carbons (Fsp3) is 0.667. The van der Waals surface area contributed by atoms with Crippen LogP contribution in [0, 0.1) is 6.92 Å². The molecule has 98 valence electrons. The summed E-state index contributed by atoms with van der Waals surface area (Å²) < 4.78 is 5.03. The van der Waals surface area contributed by atoms with Crippen molar-refractivity contribution in [3.63, 3.8) is 0 Å². The number of rotatable bonds is 2. The molecule has 1 aromatic heterocycles. The Morgan fingerprint density at radius 3 is 2.72 bits per heavy atom. The highest BCUT2D eigenvalue weighted by Crippen LogP contribution is 2.23. The summed E-state index contributed by atoms with van der Waals surface area (Å²) in [7, 11) is 0. The van der Waals surface area contributed by atoms with E-state index in [0.717, 1.165) is 43.4 Å². The van der Waals surface area contributed by atoms with Crippen LogP contribution in [-0.4, -0.2) is 54.7 Å². The monoisotopic (exact) mass is 267 g/mol. The van der Waals surface area contributed by atoms with Gasteiger partial charge in [0, 0.05) is 38.0 Å². The number of cyclic esters (lactones) is 1. The van der Waals surface area contributed by atoms with Gasteiger partial charge in [0.25, 0.3) is 0 Å². The van der Waals surface area contributed by atoms with Crippen LogP contribution in [0.25, 0.3) is 0 Å². The molecule has 2 aliphatic heterocycles. The molecule has 0 radical (unpaired) electrons. The van der Waals surface area contributed by atoms with Gasteiger partial charge in [-0.1, -0.05) is 0 Å². The Bertz CT molecular complexity index is 440. The lowest BCUT2D eigenvalue weighted by Gasteiger charge is -2.36. The van der Waals surface area contributed by atoms with Gasteiger partial charge in [0.05, 0.1) is 12.3 Å². The number of esters is 1. The van der Waals surface area contributed by atoms with Crippen molar-refractivity contribution in [2.24, 2.45) is 0 Å². The van der Waals surface area contributed by atoms with Gasteiger partial charge in [0.2, 0.25) is 0 Å². The van der Waals surface area contributed by atoms with Crippen LogP contribution in [0.4, 0.5) is 5.13 Å². The largest absolute Gasteiger partial charge is 0.464 e. The van der Waals surface area contributed by atoms with Crippen molar-refractivity contribution in [1.82, 2.24) is 9.88 Å². The van der Waals surface area contributed by atoms with E-state index in [0.29, 0.717) is 6.61 Å². The van der Waals surface area contributed by atoms with Crippen LogP contribution in [0.3, 0.4) is 0 Å². The number of hydrogen-bond donors (Lipinski definition) is 0. The number of aryl methyl sites for hydroxylation is 1. The maximum absolute atomic E-state index is 11.5. The van der Waals surface area contributed by atoms with E-state index < -0.39 is 0 Å². The quantitative estimate of drug-likeness (QED) is 0.745.